The molecule has 0 amide bonds. The molecule has 144 valence electrons. The van der Waals surface area contributed by atoms with Gasteiger partial charge in [0.15, 0.2) is 6.61 Å². The Labute approximate surface area is 157 Å². The predicted octanol–water partition coefficient (Wildman–Crippen LogP) is 3.14. The van der Waals surface area contributed by atoms with Crippen LogP contribution in [0, 0.1) is 24.0 Å². The lowest BCUT2D eigenvalue weighted by molar-refractivity contribution is -0.384. The van der Waals surface area contributed by atoms with Crippen LogP contribution in [0.5, 0.6) is 0 Å². The van der Waals surface area contributed by atoms with E-state index in [-0.39, 0.29) is 17.0 Å². The lowest BCUT2D eigenvalue weighted by Crippen LogP contribution is -2.16. The minimum Gasteiger partial charge on any atom is -0.454 e. The number of hydrogen-bond donors (Lipinski definition) is 0. The van der Waals surface area contributed by atoms with Gasteiger partial charge in [0.25, 0.3) is 5.69 Å². The summed E-state index contributed by atoms with van der Waals surface area (Å²) in [5.41, 5.74) is 2.49. The zero-order valence-corrected chi connectivity index (χ0v) is 16.1. The summed E-state index contributed by atoms with van der Waals surface area (Å²) in [6.45, 7) is 6.06. The van der Waals surface area contributed by atoms with Crippen LogP contribution in [0.4, 0.5) is 11.4 Å². The van der Waals surface area contributed by atoms with Gasteiger partial charge in [-0.1, -0.05) is 0 Å². The van der Waals surface area contributed by atoms with Gasteiger partial charge in [-0.15, -0.1) is 0 Å². The predicted molar refractivity (Wildman–Crippen MR) is 102 cm³/mol. The fourth-order valence-corrected chi connectivity index (χ4v) is 3.04. The molecule has 0 spiro atoms. The number of ketones is 1. The fraction of sp³-hybridized carbons (Fsp3) is 0.368. The van der Waals surface area contributed by atoms with Gasteiger partial charge >= 0.3 is 5.97 Å². The Morgan fingerprint density at radius 3 is 2.41 bits per heavy atom. The van der Waals surface area contributed by atoms with E-state index < -0.39 is 17.5 Å². The quantitative estimate of drug-likeness (QED) is 0.320. The molecule has 8 heteroatoms. The summed E-state index contributed by atoms with van der Waals surface area (Å²) in [6.07, 6.45) is 0. The number of hydrogen-bond acceptors (Lipinski definition) is 6. The molecule has 0 saturated heterocycles. The van der Waals surface area contributed by atoms with Crippen LogP contribution in [0.3, 0.4) is 0 Å². The summed E-state index contributed by atoms with van der Waals surface area (Å²) < 4.78 is 7.08. The third-order valence-electron chi connectivity index (χ3n) is 4.41. The molecule has 0 N–H and O–H groups in total. The number of carbonyl (C=O) groups excluding carboxylic acids is 2. The second kappa shape index (κ2) is 8.03. The Hall–Kier alpha value is -3.16. The first-order valence-corrected chi connectivity index (χ1v) is 8.50. The molecule has 1 aromatic carbocycles. The molecule has 8 nitrogen and oxygen atoms in total. The van der Waals surface area contributed by atoms with E-state index in [2.05, 4.69) is 0 Å². The molecule has 0 atom stereocenters. The van der Waals surface area contributed by atoms with Gasteiger partial charge in [0.05, 0.1) is 10.5 Å². The summed E-state index contributed by atoms with van der Waals surface area (Å²) >= 11 is 0. The number of esters is 1. The minimum absolute atomic E-state index is 0.0270. The van der Waals surface area contributed by atoms with Crippen LogP contribution >= 0.6 is 0 Å². The standard InChI is InChI=1S/C19H23N3O5/c1-6-21-12(2)9-15(13(21)3)18(23)11-27-19(24)14-7-8-16(20(4)5)17(10-14)22(25)26/h7-10H,6,11H2,1-5H3. The second-order valence-corrected chi connectivity index (χ2v) is 6.38. The molecule has 0 unspecified atom stereocenters. The van der Waals surface area contributed by atoms with Gasteiger partial charge in [0.2, 0.25) is 5.78 Å². The first-order chi connectivity index (χ1) is 12.7. The van der Waals surface area contributed by atoms with E-state index in [1.54, 1.807) is 25.1 Å². The molecule has 0 aliphatic rings. The van der Waals surface area contributed by atoms with Crippen LogP contribution in [0.2, 0.25) is 0 Å². The van der Waals surface area contributed by atoms with E-state index in [0.29, 0.717) is 11.3 Å². The van der Waals surface area contributed by atoms with Crippen molar-refractivity contribution in [3.63, 3.8) is 0 Å². The molecule has 2 rings (SSSR count). The van der Waals surface area contributed by atoms with Gasteiger partial charge < -0.3 is 14.2 Å². The van der Waals surface area contributed by atoms with Crippen molar-refractivity contribution in [2.75, 3.05) is 25.6 Å². The molecule has 0 bridgehead atoms. The highest BCUT2D eigenvalue weighted by Crippen LogP contribution is 2.28. The number of Topliss-reactive ketones (excluding diaryl/α,β-unsaturated/α-hetero) is 1. The number of anilines is 1. The molecule has 0 radical (unpaired) electrons. The number of ether oxygens (including phenoxy) is 1. The summed E-state index contributed by atoms with van der Waals surface area (Å²) in [6, 6.07) is 5.85. The normalized spacial score (nSPS) is 10.6. The zero-order valence-electron chi connectivity index (χ0n) is 16.1. The topological polar surface area (TPSA) is 94.7 Å². The Bertz CT molecular complexity index is 899. The Balaban J connectivity index is 2.15. The monoisotopic (exact) mass is 373 g/mol. The molecule has 1 aromatic heterocycles. The maximum atomic E-state index is 12.4. The van der Waals surface area contributed by atoms with Crippen molar-refractivity contribution in [1.82, 2.24) is 4.57 Å². The lowest BCUT2D eigenvalue weighted by atomic mass is 10.1. The van der Waals surface area contributed by atoms with Crippen LogP contribution in [-0.2, 0) is 11.3 Å². The maximum Gasteiger partial charge on any atom is 0.338 e. The van der Waals surface area contributed by atoms with Gasteiger partial charge in [0.1, 0.15) is 5.69 Å². The van der Waals surface area contributed by atoms with Crippen LogP contribution in [0.15, 0.2) is 24.3 Å². The van der Waals surface area contributed by atoms with Gasteiger partial charge in [-0.05, 0) is 39.0 Å². The smallest absolute Gasteiger partial charge is 0.338 e. The molecule has 0 aliphatic carbocycles. The van der Waals surface area contributed by atoms with Gasteiger partial charge in [-0.3, -0.25) is 14.9 Å². The number of aromatic nitrogens is 1. The van der Waals surface area contributed by atoms with Crippen molar-refractivity contribution in [1.29, 1.82) is 0 Å². The maximum absolute atomic E-state index is 12.4. The first kappa shape index (κ1) is 20.2. The van der Waals surface area contributed by atoms with Gasteiger partial charge in [0, 0.05) is 43.7 Å². The second-order valence-electron chi connectivity index (χ2n) is 6.38. The number of rotatable bonds is 7. The summed E-state index contributed by atoms with van der Waals surface area (Å²) in [5.74, 6) is -1.09. The van der Waals surface area contributed by atoms with E-state index in [0.717, 1.165) is 24.0 Å². The number of benzene rings is 1. The fourth-order valence-electron chi connectivity index (χ4n) is 3.04. The number of aryl methyl sites for hydroxylation is 1. The molecular weight excluding hydrogens is 350 g/mol. The van der Waals surface area contributed by atoms with Crippen molar-refractivity contribution in [2.45, 2.75) is 27.3 Å². The lowest BCUT2D eigenvalue weighted by Gasteiger charge is -2.13. The Morgan fingerprint density at radius 1 is 1.22 bits per heavy atom. The molecule has 0 aliphatic heterocycles. The van der Waals surface area contributed by atoms with Crippen molar-refractivity contribution in [3.05, 3.63) is 56.9 Å². The molecule has 2 aromatic rings. The number of nitrogens with zero attached hydrogens (tertiary/aromatic N) is 3. The SMILES string of the molecule is CCn1c(C)cc(C(=O)COC(=O)c2ccc(N(C)C)c([N+](=O)[O-])c2)c1C. The van der Waals surface area contributed by atoms with Crippen molar-refractivity contribution >= 4 is 23.1 Å². The number of nitro groups is 1. The third-order valence-corrected chi connectivity index (χ3v) is 4.41. The van der Waals surface area contributed by atoms with Crippen molar-refractivity contribution in [2.24, 2.45) is 0 Å². The van der Waals surface area contributed by atoms with Crippen LogP contribution < -0.4 is 4.90 Å². The molecule has 0 saturated carbocycles. The number of carbonyl (C=O) groups is 2. The van der Waals surface area contributed by atoms with E-state index in [4.69, 9.17) is 4.74 Å². The van der Waals surface area contributed by atoms with E-state index in [1.807, 2.05) is 25.3 Å². The van der Waals surface area contributed by atoms with E-state index >= 15 is 0 Å². The summed E-state index contributed by atoms with van der Waals surface area (Å²) in [5, 5.41) is 11.2. The highest BCUT2D eigenvalue weighted by molar-refractivity contribution is 6.00. The van der Waals surface area contributed by atoms with Crippen LogP contribution in [0.25, 0.3) is 0 Å². The summed E-state index contributed by atoms with van der Waals surface area (Å²) in [7, 11) is 3.34. The zero-order chi connectivity index (χ0) is 20.3. The van der Waals surface area contributed by atoms with Gasteiger partial charge in [-0.2, -0.15) is 0 Å². The average Bonchev–Trinajstić information content (AvgIpc) is 2.92. The first-order valence-electron chi connectivity index (χ1n) is 8.50. The Morgan fingerprint density at radius 2 is 1.89 bits per heavy atom. The number of nitro benzene ring substituents is 1. The highest BCUT2D eigenvalue weighted by Gasteiger charge is 2.21. The summed E-state index contributed by atoms with van der Waals surface area (Å²) in [4.78, 5) is 36.9. The third kappa shape index (κ3) is 4.16. The highest BCUT2D eigenvalue weighted by atomic mass is 16.6. The molecule has 0 fully saturated rings. The van der Waals surface area contributed by atoms with Crippen LogP contribution in [-0.4, -0.2) is 41.9 Å². The van der Waals surface area contributed by atoms with E-state index in [1.165, 1.54) is 12.1 Å². The minimum atomic E-state index is -0.777. The van der Waals surface area contributed by atoms with Crippen LogP contribution in [0.1, 0.15) is 39.0 Å². The van der Waals surface area contributed by atoms with Gasteiger partial charge in [-0.25, -0.2) is 4.79 Å². The Kier molecular flexibility index (Phi) is 5.99. The largest absolute Gasteiger partial charge is 0.454 e. The van der Waals surface area contributed by atoms with E-state index in [9.17, 15) is 19.7 Å². The molecular formula is C19H23N3O5. The average molecular weight is 373 g/mol. The van der Waals surface area contributed by atoms with Crippen molar-refractivity contribution in [3.8, 4) is 0 Å². The van der Waals surface area contributed by atoms with Crippen molar-refractivity contribution < 1.29 is 19.2 Å². The molecule has 27 heavy (non-hydrogen) atoms. The molecule has 1 heterocycles.